The molecule has 1 rings (SSSR count). The van der Waals surface area contributed by atoms with Crippen LogP contribution in [-0.2, 0) is 0 Å². The lowest BCUT2D eigenvalue weighted by Crippen LogP contribution is -2.24. The number of nitrogens with one attached hydrogen (secondary N) is 1. The van der Waals surface area contributed by atoms with Crippen LogP contribution in [0.5, 0.6) is 0 Å². The fraction of sp³-hybridized carbons (Fsp3) is 0.462. The quantitative estimate of drug-likeness (QED) is 0.751. The van der Waals surface area contributed by atoms with E-state index in [2.05, 4.69) is 21.2 Å². The Hall–Kier alpha value is -0.580. The van der Waals surface area contributed by atoms with E-state index in [4.69, 9.17) is 16.7 Å². The average Bonchev–Trinajstić information content (AvgIpc) is 2.36. The Bertz CT molecular complexity index is 399. The van der Waals surface area contributed by atoms with Gasteiger partial charge in [0.25, 0.3) is 5.91 Å². The van der Waals surface area contributed by atoms with Crippen LogP contribution in [0.3, 0.4) is 0 Å². The van der Waals surface area contributed by atoms with E-state index in [1.54, 1.807) is 18.2 Å². The van der Waals surface area contributed by atoms with Gasteiger partial charge in [-0.2, -0.15) is 0 Å². The fourth-order valence-electron chi connectivity index (χ4n) is 1.53. The van der Waals surface area contributed by atoms with Crippen molar-refractivity contribution in [2.75, 3.05) is 13.2 Å². The largest absolute Gasteiger partial charge is 0.396 e. The van der Waals surface area contributed by atoms with Crippen LogP contribution in [0.25, 0.3) is 0 Å². The van der Waals surface area contributed by atoms with Crippen LogP contribution in [0.1, 0.15) is 36.0 Å². The van der Waals surface area contributed by atoms with Crippen molar-refractivity contribution in [2.24, 2.45) is 0 Å². The van der Waals surface area contributed by atoms with Gasteiger partial charge in [0.05, 0.1) is 5.02 Å². The van der Waals surface area contributed by atoms with E-state index < -0.39 is 0 Å². The Morgan fingerprint density at radius 3 is 2.67 bits per heavy atom. The summed E-state index contributed by atoms with van der Waals surface area (Å²) in [4.78, 5) is 11.8. The first-order valence-corrected chi connectivity index (χ1v) is 7.16. The first kappa shape index (κ1) is 15.5. The molecule has 3 nitrogen and oxygen atoms in total. The van der Waals surface area contributed by atoms with Crippen LogP contribution < -0.4 is 5.32 Å². The van der Waals surface area contributed by atoms with Crippen molar-refractivity contribution in [3.63, 3.8) is 0 Å². The Morgan fingerprint density at radius 1 is 1.28 bits per heavy atom. The molecule has 2 N–H and O–H groups in total. The minimum Gasteiger partial charge on any atom is -0.396 e. The average molecular weight is 335 g/mol. The monoisotopic (exact) mass is 333 g/mol. The summed E-state index contributed by atoms with van der Waals surface area (Å²) in [6, 6.07) is 5.11. The van der Waals surface area contributed by atoms with E-state index in [1.807, 2.05) is 0 Å². The van der Waals surface area contributed by atoms with E-state index in [0.717, 1.165) is 30.2 Å². The molecule has 0 spiro atoms. The zero-order valence-electron chi connectivity index (χ0n) is 10.1. The zero-order chi connectivity index (χ0) is 13.4. The molecular weight excluding hydrogens is 318 g/mol. The molecule has 0 radical (unpaired) electrons. The smallest absolute Gasteiger partial charge is 0.251 e. The number of carbonyl (C=O) groups is 1. The number of halogens is 2. The Labute approximate surface area is 121 Å². The molecule has 0 saturated heterocycles. The van der Waals surface area contributed by atoms with Crippen LogP contribution in [0.15, 0.2) is 22.7 Å². The topological polar surface area (TPSA) is 49.3 Å². The number of hydrogen-bond acceptors (Lipinski definition) is 2. The van der Waals surface area contributed by atoms with Gasteiger partial charge in [0.1, 0.15) is 0 Å². The number of carbonyl (C=O) groups excluding carboxylic acids is 1. The summed E-state index contributed by atoms with van der Waals surface area (Å²) in [5, 5.41) is 12.1. The van der Waals surface area contributed by atoms with Crippen LogP contribution in [0.4, 0.5) is 0 Å². The number of unbranched alkanes of at least 4 members (excludes halogenated alkanes) is 3. The summed E-state index contributed by atoms with van der Waals surface area (Å²) < 4.78 is 0.722. The van der Waals surface area contributed by atoms with Gasteiger partial charge in [-0.25, -0.2) is 0 Å². The second kappa shape index (κ2) is 8.51. The SMILES string of the molecule is O=C(NCCCCCCO)c1ccc(Cl)c(Br)c1. The summed E-state index contributed by atoms with van der Waals surface area (Å²) in [7, 11) is 0. The fourth-order valence-corrected chi connectivity index (χ4v) is 2.03. The van der Waals surface area contributed by atoms with Gasteiger partial charge < -0.3 is 10.4 Å². The Morgan fingerprint density at radius 2 is 2.00 bits per heavy atom. The molecule has 0 heterocycles. The zero-order valence-corrected chi connectivity index (χ0v) is 12.4. The standard InChI is InChI=1S/C13H17BrClNO2/c14-11-9-10(5-6-12(11)15)13(18)16-7-3-1-2-4-8-17/h5-6,9,17H,1-4,7-8H2,(H,16,18). The summed E-state index contributed by atoms with van der Waals surface area (Å²) >= 11 is 9.15. The van der Waals surface area contributed by atoms with Crippen LogP contribution in [0.2, 0.25) is 5.02 Å². The highest BCUT2D eigenvalue weighted by atomic mass is 79.9. The number of aliphatic hydroxyl groups excluding tert-OH is 1. The molecule has 100 valence electrons. The summed E-state index contributed by atoms with van der Waals surface area (Å²) in [6.07, 6.45) is 3.78. The van der Waals surface area contributed by atoms with Gasteiger partial charge in [-0.1, -0.05) is 24.4 Å². The Balaban J connectivity index is 2.30. The normalized spacial score (nSPS) is 10.4. The second-order valence-corrected chi connectivity index (χ2v) is 5.28. The lowest BCUT2D eigenvalue weighted by Gasteiger charge is -2.06. The first-order valence-electron chi connectivity index (χ1n) is 5.99. The van der Waals surface area contributed by atoms with E-state index in [-0.39, 0.29) is 12.5 Å². The molecule has 0 saturated carbocycles. The lowest BCUT2D eigenvalue weighted by atomic mass is 10.2. The molecule has 1 amide bonds. The highest BCUT2D eigenvalue weighted by Crippen LogP contribution is 2.23. The maximum atomic E-state index is 11.8. The molecule has 1 aromatic carbocycles. The van der Waals surface area contributed by atoms with Crippen LogP contribution >= 0.6 is 27.5 Å². The van der Waals surface area contributed by atoms with Crippen molar-refractivity contribution < 1.29 is 9.90 Å². The molecule has 0 aromatic heterocycles. The third-order valence-corrected chi connectivity index (χ3v) is 3.77. The van der Waals surface area contributed by atoms with Gasteiger partial charge in [-0.05, 0) is 47.0 Å². The van der Waals surface area contributed by atoms with Crippen LogP contribution in [0, 0.1) is 0 Å². The molecule has 0 fully saturated rings. The van der Waals surface area contributed by atoms with Crippen molar-refractivity contribution in [3.05, 3.63) is 33.3 Å². The number of hydrogen-bond donors (Lipinski definition) is 2. The summed E-state index contributed by atoms with van der Waals surface area (Å²) in [5.41, 5.74) is 0.599. The number of amides is 1. The number of benzene rings is 1. The lowest BCUT2D eigenvalue weighted by molar-refractivity contribution is 0.0952. The molecular formula is C13H17BrClNO2. The minimum atomic E-state index is -0.0884. The van der Waals surface area contributed by atoms with E-state index in [1.165, 1.54) is 0 Å². The third kappa shape index (κ3) is 5.38. The molecule has 18 heavy (non-hydrogen) atoms. The molecule has 0 atom stereocenters. The molecule has 0 unspecified atom stereocenters. The van der Waals surface area contributed by atoms with Gasteiger partial charge >= 0.3 is 0 Å². The van der Waals surface area contributed by atoms with Crippen molar-refractivity contribution >= 4 is 33.4 Å². The van der Waals surface area contributed by atoms with Gasteiger partial charge in [0.15, 0.2) is 0 Å². The van der Waals surface area contributed by atoms with Gasteiger partial charge in [0, 0.05) is 23.2 Å². The molecule has 0 aliphatic rings. The van der Waals surface area contributed by atoms with Crippen molar-refractivity contribution in [3.8, 4) is 0 Å². The van der Waals surface area contributed by atoms with E-state index in [9.17, 15) is 4.79 Å². The summed E-state index contributed by atoms with van der Waals surface area (Å²) in [5.74, 6) is -0.0884. The molecule has 5 heteroatoms. The molecule has 1 aromatic rings. The highest BCUT2D eigenvalue weighted by molar-refractivity contribution is 9.10. The van der Waals surface area contributed by atoms with Crippen molar-refractivity contribution in [1.82, 2.24) is 5.32 Å². The van der Waals surface area contributed by atoms with E-state index >= 15 is 0 Å². The number of rotatable bonds is 7. The molecule has 0 bridgehead atoms. The second-order valence-electron chi connectivity index (χ2n) is 4.02. The molecule has 0 aliphatic carbocycles. The predicted octanol–water partition coefficient (Wildman–Crippen LogP) is 3.39. The maximum absolute atomic E-state index is 11.8. The third-order valence-electron chi connectivity index (χ3n) is 2.55. The molecule has 0 aliphatic heterocycles. The van der Waals surface area contributed by atoms with E-state index in [0.29, 0.717) is 17.1 Å². The van der Waals surface area contributed by atoms with Gasteiger partial charge in [-0.15, -0.1) is 0 Å². The van der Waals surface area contributed by atoms with Gasteiger partial charge in [0.2, 0.25) is 0 Å². The number of aliphatic hydroxyl groups is 1. The maximum Gasteiger partial charge on any atom is 0.251 e. The van der Waals surface area contributed by atoms with Crippen molar-refractivity contribution in [2.45, 2.75) is 25.7 Å². The minimum absolute atomic E-state index is 0.0884. The Kier molecular flexibility index (Phi) is 7.32. The summed E-state index contributed by atoms with van der Waals surface area (Å²) in [6.45, 7) is 0.898. The van der Waals surface area contributed by atoms with Gasteiger partial charge in [-0.3, -0.25) is 4.79 Å². The van der Waals surface area contributed by atoms with Crippen LogP contribution in [-0.4, -0.2) is 24.2 Å². The first-order chi connectivity index (χ1) is 8.65. The van der Waals surface area contributed by atoms with Crippen molar-refractivity contribution in [1.29, 1.82) is 0 Å². The highest BCUT2D eigenvalue weighted by Gasteiger charge is 2.06. The predicted molar refractivity (Wildman–Crippen MR) is 77.0 cm³/mol.